The third-order valence-electron chi connectivity index (χ3n) is 3.12. The van der Waals surface area contributed by atoms with Crippen LogP contribution in [0.15, 0.2) is 12.5 Å². The Morgan fingerprint density at radius 2 is 2.06 bits per heavy atom. The van der Waals surface area contributed by atoms with Gasteiger partial charge in [-0.15, -0.1) is 0 Å². The molecule has 0 saturated heterocycles. The smallest absolute Gasteiger partial charge is 0.357 e. The van der Waals surface area contributed by atoms with E-state index in [2.05, 4.69) is 9.97 Å². The van der Waals surface area contributed by atoms with E-state index in [4.69, 9.17) is 10.5 Å². The molecule has 17 heavy (non-hydrogen) atoms. The fourth-order valence-corrected chi connectivity index (χ4v) is 2.12. The lowest BCUT2D eigenvalue weighted by atomic mass is 9.84. The van der Waals surface area contributed by atoms with Gasteiger partial charge in [-0.1, -0.05) is 6.42 Å². The van der Waals surface area contributed by atoms with E-state index >= 15 is 0 Å². The number of hydrogen-bond acceptors (Lipinski definition) is 4. The minimum absolute atomic E-state index is 0.233. The number of hydrogen-bond donors (Lipinski definition) is 2. The summed E-state index contributed by atoms with van der Waals surface area (Å²) in [4.78, 5) is 29.7. The molecule has 6 heteroatoms. The molecule has 2 rings (SSSR count). The second kappa shape index (κ2) is 4.57. The zero-order valence-corrected chi connectivity index (χ0v) is 9.44. The molecule has 0 radical (unpaired) electrons. The van der Waals surface area contributed by atoms with Crippen LogP contribution in [-0.4, -0.2) is 27.4 Å². The zero-order valence-electron chi connectivity index (χ0n) is 9.44. The fraction of sp³-hybridized carbons (Fsp3) is 0.545. The number of aromatic amines is 1. The van der Waals surface area contributed by atoms with Gasteiger partial charge in [0.1, 0.15) is 5.69 Å². The molecule has 6 nitrogen and oxygen atoms in total. The van der Waals surface area contributed by atoms with Crippen molar-refractivity contribution in [3.8, 4) is 0 Å². The van der Waals surface area contributed by atoms with Gasteiger partial charge in [-0.2, -0.15) is 0 Å². The highest BCUT2D eigenvalue weighted by Gasteiger charge is 2.42. The summed E-state index contributed by atoms with van der Waals surface area (Å²) >= 11 is 0. The normalized spacial score (nSPS) is 18.6. The molecule has 1 aliphatic rings. The van der Waals surface area contributed by atoms with E-state index in [0.717, 1.165) is 19.3 Å². The van der Waals surface area contributed by atoms with Gasteiger partial charge >= 0.3 is 5.97 Å². The molecule has 1 amide bonds. The number of rotatable bonds is 3. The van der Waals surface area contributed by atoms with Crippen LogP contribution in [0, 0.1) is 0 Å². The Balaban J connectivity index is 2.13. The molecule has 1 fully saturated rings. The molecule has 0 aromatic carbocycles. The molecule has 1 aliphatic carbocycles. The average Bonchev–Trinajstić information content (AvgIpc) is 2.83. The molecule has 0 unspecified atom stereocenters. The summed E-state index contributed by atoms with van der Waals surface area (Å²) in [7, 11) is 0. The van der Waals surface area contributed by atoms with Crippen molar-refractivity contribution in [2.45, 2.75) is 37.7 Å². The molecule has 3 N–H and O–H groups in total. The Kier molecular flexibility index (Phi) is 3.12. The summed E-state index contributed by atoms with van der Waals surface area (Å²) in [5, 5.41) is 0. The van der Waals surface area contributed by atoms with Crippen molar-refractivity contribution in [1.29, 1.82) is 0 Å². The van der Waals surface area contributed by atoms with Gasteiger partial charge in [0.2, 0.25) is 0 Å². The van der Waals surface area contributed by atoms with E-state index in [9.17, 15) is 9.59 Å². The standard InChI is InChI=1S/C11H15N3O3/c12-10(16)11(4-2-1-3-5-11)17-9(15)8-6-13-7-14-8/h6-7H,1-5H2,(H2,12,16)(H,13,14). The van der Waals surface area contributed by atoms with Gasteiger partial charge in [0, 0.05) is 0 Å². The van der Waals surface area contributed by atoms with Crippen molar-refractivity contribution in [2.75, 3.05) is 0 Å². The van der Waals surface area contributed by atoms with Crippen molar-refractivity contribution in [2.24, 2.45) is 5.73 Å². The zero-order chi connectivity index (χ0) is 12.3. The first kappa shape index (κ1) is 11.6. The van der Waals surface area contributed by atoms with Crippen LogP contribution in [0.1, 0.15) is 42.6 Å². The summed E-state index contributed by atoms with van der Waals surface area (Å²) in [6.07, 6.45) is 6.48. The summed E-state index contributed by atoms with van der Waals surface area (Å²) in [5.74, 6) is -1.15. The SMILES string of the molecule is NC(=O)C1(OC(=O)c2cnc[nH]2)CCCCC1. The van der Waals surface area contributed by atoms with Gasteiger partial charge in [0.05, 0.1) is 12.5 Å². The number of carbonyl (C=O) groups excluding carboxylic acids is 2. The van der Waals surface area contributed by atoms with Gasteiger partial charge in [0.25, 0.3) is 5.91 Å². The summed E-state index contributed by atoms with van der Waals surface area (Å²) < 4.78 is 5.30. The maximum atomic E-state index is 11.8. The lowest BCUT2D eigenvalue weighted by molar-refractivity contribution is -0.140. The molecule has 0 spiro atoms. The van der Waals surface area contributed by atoms with Gasteiger partial charge in [-0.05, 0) is 25.7 Å². The monoisotopic (exact) mass is 237 g/mol. The Labute approximate surface area is 98.6 Å². The number of esters is 1. The number of carbonyl (C=O) groups is 2. The van der Waals surface area contributed by atoms with E-state index in [1.165, 1.54) is 12.5 Å². The highest BCUT2D eigenvalue weighted by Crippen LogP contribution is 2.32. The van der Waals surface area contributed by atoms with Gasteiger partial charge < -0.3 is 15.5 Å². The first-order valence-corrected chi connectivity index (χ1v) is 5.66. The van der Waals surface area contributed by atoms with E-state index in [-0.39, 0.29) is 5.69 Å². The lowest BCUT2D eigenvalue weighted by Gasteiger charge is -2.33. The van der Waals surface area contributed by atoms with Gasteiger partial charge in [0.15, 0.2) is 5.60 Å². The maximum Gasteiger partial charge on any atom is 0.357 e. The van der Waals surface area contributed by atoms with Crippen molar-refractivity contribution in [1.82, 2.24) is 9.97 Å². The summed E-state index contributed by atoms with van der Waals surface area (Å²) in [5.41, 5.74) is 4.46. The molecule has 0 atom stereocenters. The molecule has 0 bridgehead atoms. The first-order valence-electron chi connectivity index (χ1n) is 5.66. The van der Waals surface area contributed by atoms with Crippen molar-refractivity contribution in [3.05, 3.63) is 18.2 Å². The third kappa shape index (κ3) is 2.30. The lowest BCUT2D eigenvalue weighted by Crippen LogP contribution is -2.49. The van der Waals surface area contributed by atoms with Crippen LogP contribution in [0.25, 0.3) is 0 Å². The minimum Gasteiger partial charge on any atom is -0.444 e. The second-order valence-electron chi connectivity index (χ2n) is 4.27. The predicted molar refractivity (Wildman–Crippen MR) is 59.0 cm³/mol. The van der Waals surface area contributed by atoms with Crippen LogP contribution < -0.4 is 5.73 Å². The number of aromatic nitrogens is 2. The Morgan fingerprint density at radius 1 is 1.35 bits per heavy atom. The largest absolute Gasteiger partial charge is 0.444 e. The van der Waals surface area contributed by atoms with Gasteiger partial charge in [-0.25, -0.2) is 9.78 Å². The summed E-state index contributed by atoms with van der Waals surface area (Å²) in [6.45, 7) is 0. The topological polar surface area (TPSA) is 98.1 Å². The third-order valence-corrected chi connectivity index (χ3v) is 3.12. The Bertz CT molecular complexity index is 408. The van der Waals surface area contributed by atoms with Crippen molar-refractivity contribution in [3.63, 3.8) is 0 Å². The quantitative estimate of drug-likeness (QED) is 0.758. The van der Waals surface area contributed by atoms with Gasteiger partial charge in [-0.3, -0.25) is 4.79 Å². The molecular weight excluding hydrogens is 222 g/mol. The van der Waals surface area contributed by atoms with E-state index in [1.54, 1.807) is 0 Å². The second-order valence-corrected chi connectivity index (χ2v) is 4.27. The predicted octanol–water partition coefficient (Wildman–Crippen LogP) is 0.755. The molecule has 92 valence electrons. The molecular formula is C11H15N3O3. The van der Waals surface area contributed by atoms with E-state index in [1.807, 2.05) is 0 Å². The minimum atomic E-state index is -1.14. The maximum absolute atomic E-state index is 11.8. The molecule has 0 aliphatic heterocycles. The number of nitrogens with two attached hydrogens (primary N) is 1. The molecule has 1 aromatic heterocycles. The number of imidazole rings is 1. The Hall–Kier alpha value is -1.85. The van der Waals surface area contributed by atoms with Crippen molar-refractivity contribution < 1.29 is 14.3 Å². The highest BCUT2D eigenvalue weighted by molar-refractivity contribution is 5.92. The van der Waals surface area contributed by atoms with Crippen LogP contribution >= 0.6 is 0 Å². The number of nitrogens with zero attached hydrogens (tertiary/aromatic N) is 1. The molecule has 1 heterocycles. The summed E-state index contributed by atoms with van der Waals surface area (Å²) in [6, 6.07) is 0. The first-order chi connectivity index (χ1) is 8.14. The van der Waals surface area contributed by atoms with Crippen LogP contribution in [0.3, 0.4) is 0 Å². The average molecular weight is 237 g/mol. The van der Waals surface area contributed by atoms with Crippen molar-refractivity contribution >= 4 is 11.9 Å². The fourth-order valence-electron chi connectivity index (χ4n) is 2.12. The van der Waals surface area contributed by atoms with Crippen LogP contribution in [0.2, 0.25) is 0 Å². The van der Waals surface area contributed by atoms with Crippen LogP contribution in [0.5, 0.6) is 0 Å². The van der Waals surface area contributed by atoms with E-state index in [0.29, 0.717) is 12.8 Å². The Morgan fingerprint density at radius 3 is 2.59 bits per heavy atom. The molecule has 1 aromatic rings. The number of H-pyrrole nitrogens is 1. The highest BCUT2D eigenvalue weighted by atomic mass is 16.6. The number of amides is 1. The van der Waals surface area contributed by atoms with Crippen LogP contribution in [0.4, 0.5) is 0 Å². The van der Waals surface area contributed by atoms with Crippen LogP contribution in [-0.2, 0) is 9.53 Å². The number of nitrogens with one attached hydrogen (secondary N) is 1. The number of ether oxygens (including phenoxy) is 1. The van der Waals surface area contributed by atoms with E-state index < -0.39 is 17.5 Å². The number of primary amides is 1. The molecule has 1 saturated carbocycles.